The molecule has 23 heavy (non-hydrogen) atoms. The van der Waals surface area contributed by atoms with Gasteiger partial charge in [0, 0.05) is 0 Å². The Morgan fingerprint density at radius 1 is 1.26 bits per heavy atom. The smallest absolute Gasteiger partial charge is 0.363 e. The van der Waals surface area contributed by atoms with Crippen molar-refractivity contribution in [2.75, 3.05) is 21.3 Å². The molecule has 9 heteroatoms. The van der Waals surface area contributed by atoms with Crippen molar-refractivity contribution in [1.82, 2.24) is 9.78 Å². The van der Waals surface area contributed by atoms with E-state index in [2.05, 4.69) is 9.84 Å². The fourth-order valence-electron chi connectivity index (χ4n) is 2.17. The van der Waals surface area contributed by atoms with Crippen LogP contribution in [0.25, 0.3) is 0 Å². The van der Waals surface area contributed by atoms with E-state index < -0.39 is 16.6 Å². The maximum atomic E-state index is 11.9. The number of hydrogen-bond acceptors (Lipinski definition) is 7. The Morgan fingerprint density at radius 2 is 1.87 bits per heavy atom. The molecular formula is C14H15N3O6. The van der Waals surface area contributed by atoms with Gasteiger partial charge in [0.1, 0.15) is 17.7 Å². The lowest BCUT2D eigenvalue weighted by Gasteiger charge is -2.13. The number of esters is 1. The summed E-state index contributed by atoms with van der Waals surface area (Å²) in [7, 11) is 4.13. The van der Waals surface area contributed by atoms with Crippen LogP contribution < -0.4 is 9.47 Å². The summed E-state index contributed by atoms with van der Waals surface area (Å²) in [5.41, 5.74) is -0.0724. The van der Waals surface area contributed by atoms with Crippen molar-refractivity contribution < 1.29 is 23.9 Å². The molecule has 2 rings (SSSR count). The number of rotatable bonds is 6. The van der Waals surface area contributed by atoms with Gasteiger partial charge in [-0.15, -0.1) is 0 Å². The molecule has 0 radical (unpaired) electrons. The molecule has 1 aromatic heterocycles. The lowest BCUT2D eigenvalue weighted by molar-refractivity contribution is -0.385. The molecule has 0 spiro atoms. The Hall–Kier alpha value is -3.10. The summed E-state index contributed by atoms with van der Waals surface area (Å²) in [6, 6.07) is 5.18. The number of aromatic nitrogens is 2. The third-order valence-electron chi connectivity index (χ3n) is 3.23. The predicted molar refractivity (Wildman–Crippen MR) is 78.9 cm³/mol. The van der Waals surface area contributed by atoms with E-state index in [4.69, 9.17) is 9.47 Å². The van der Waals surface area contributed by atoms with Crippen LogP contribution in [0.4, 0.5) is 5.69 Å². The first-order chi connectivity index (χ1) is 11.0. The van der Waals surface area contributed by atoms with Gasteiger partial charge in [-0.25, -0.2) is 9.48 Å². The van der Waals surface area contributed by atoms with Crippen LogP contribution in [0, 0.1) is 10.1 Å². The van der Waals surface area contributed by atoms with Crippen LogP contribution in [0.5, 0.6) is 11.5 Å². The average molecular weight is 321 g/mol. The Balaban J connectivity index is 2.53. The molecule has 0 saturated heterocycles. The van der Waals surface area contributed by atoms with E-state index in [0.29, 0.717) is 17.1 Å². The van der Waals surface area contributed by atoms with Crippen molar-refractivity contribution >= 4 is 11.7 Å². The minimum absolute atomic E-state index is 0.0471. The topological polar surface area (TPSA) is 106 Å². The van der Waals surface area contributed by atoms with Crippen LogP contribution >= 0.6 is 0 Å². The number of nitro groups is 1. The second-order valence-corrected chi connectivity index (χ2v) is 4.43. The van der Waals surface area contributed by atoms with Gasteiger partial charge in [0.15, 0.2) is 0 Å². The highest BCUT2D eigenvalue weighted by molar-refractivity contribution is 5.91. The number of carbonyl (C=O) groups is 1. The van der Waals surface area contributed by atoms with Crippen molar-refractivity contribution in [3.05, 3.63) is 45.8 Å². The van der Waals surface area contributed by atoms with E-state index in [1.54, 1.807) is 18.2 Å². The van der Waals surface area contributed by atoms with Crippen LogP contribution in [0.2, 0.25) is 0 Å². The number of benzene rings is 1. The normalized spacial score (nSPS) is 10.2. The highest BCUT2D eigenvalue weighted by atomic mass is 16.6. The highest BCUT2D eigenvalue weighted by Crippen LogP contribution is 2.30. The van der Waals surface area contributed by atoms with Crippen LogP contribution in [0.3, 0.4) is 0 Å². The lowest BCUT2D eigenvalue weighted by atomic mass is 10.1. The van der Waals surface area contributed by atoms with Gasteiger partial charge in [0.2, 0.25) is 5.69 Å². The maximum Gasteiger partial charge on any atom is 0.363 e. The Kier molecular flexibility index (Phi) is 4.79. The Morgan fingerprint density at radius 3 is 2.35 bits per heavy atom. The number of methoxy groups -OCH3 is 3. The number of ether oxygens (including phenoxy) is 3. The van der Waals surface area contributed by atoms with E-state index in [1.807, 2.05) is 0 Å². The summed E-state index contributed by atoms with van der Waals surface area (Å²) in [5, 5.41) is 15.0. The van der Waals surface area contributed by atoms with Gasteiger partial charge in [-0.3, -0.25) is 10.1 Å². The first-order valence-corrected chi connectivity index (χ1v) is 6.51. The number of nitrogens with zero attached hydrogens (tertiary/aromatic N) is 3. The van der Waals surface area contributed by atoms with Crippen LogP contribution in [0.15, 0.2) is 24.4 Å². The Bertz CT molecular complexity index is 718. The first-order valence-electron chi connectivity index (χ1n) is 6.51. The molecule has 1 aromatic carbocycles. The Labute approximate surface area is 131 Å². The standard InChI is InChI=1S/C14H15N3O6/c1-21-11-5-4-6-12(22-2)9(11)8-16-13(14(18)23-3)10(7-15-16)17(19)20/h4-7H,8H2,1-3H3. The molecule has 0 unspecified atom stereocenters. The fraction of sp³-hybridized carbons (Fsp3) is 0.286. The molecule has 2 aromatic rings. The summed E-state index contributed by atoms with van der Waals surface area (Å²) in [4.78, 5) is 22.2. The van der Waals surface area contributed by atoms with Gasteiger partial charge < -0.3 is 14.2 Å². The quantitative estimate of drug-likeness (QED) is 0.452. The molecule has 0 aliphatic carbocycles. The zero-order chi connectivity index (χ0) is 17.0. The van der Waals surface area contributed by atoms with Crippen molar-refractivity contribution in [3.63, 3.8) is 0 Å². The fourth-order valence-corrected chi connectivity index (χ4v) is 2.17. The molecule has 0 saturated carbocycles. The van der Waals surface area contributed by atoms with Gasteiger partial charge in [-0.1, -0.05) is 6.07 Å². The minimum atomic E-state index is -0.844. The molecule has 9 nitrogen and oxygen atoms in total. The van der Waals surface area contributed by atoms with Crippen molar-refractivity contribution in [2.24, 2.45) is 0 Å². The summed E-state index contributed by atoms with van der Waals surface area (Å²) in [5.74, 6) is 0.180. The van der Waals surface area contributed by atoms with Gasteiger partial charge in [-0.05, 0) is 12.1 Å². The molecule has 122 valence electrons. The highest BCUT2D eigenvalue weighted by Gasteiger charge is 2.28. The SMILES string of the molecule is COC(=O)c1c([N+](=O)[O-])cnn1Cc1c(OC)cccc1OC. The van der Waals surface area contributed by atoms with E-state index >= 15 is 0 Å². The average Bonchev–Trinajstić information content (AvgIpc) is 2.98. The van der Waals surface area contributed by atoms with Gasteiger partial charge in [-0.2, -0.15) is 5.10 Å². The van der Waals surface area contributed by atoms with Crippen molar-refractivity contribution in [1.29, 1.82) is 0 Å². The molecule has 0 amide bonds. The molecule has 0 N–H and O–H groups in total. The number of carbonyl (C=O) groups excluding carboxylic acids is 1. The lowest BCUT2D eigenvalue weighted by Crippen LogP contribution is -2.15. The predicted octanol–water partition coefficient (Wildman–Crippen LogP) is 1.64. The summed E-state index contributed by atoms with van der Waals surface area (Å²) in [6.07, 6.45) is 1.01. The zero-order valence-electron chi connectivity index (χ0n) is 12.8. The first kappa shape index (κ1) is 16.3. The van der Waals surface area contributed by atoms with Crippen molar-refractivity contribution in [2.45, 2.75) is 6.54 Å². The van der Waals surface area contributed by atoms with Gasteiger partial charge in [0.25, 0.3) is 0 Å². The maximum absolute atomic E-state index is 11.9. The monoisotopic (exact) mass is 321 g/mol. The van der Waals surface area contributed by atoms with E-state index in [0.717, 1.165) is 13.3 Å². The third kappa shape index (κ3) is 3.07. The van der Waals surface area contributed by atoms with Crippen LogP contribution in [-0.2, 0) is 11.3 Å². The zero-order valence-corrected chi connectivity index (χ0v) is 12.8. The summed E-state index contributed by atoms with van der Waals surface area (Å²) >= 11 is 0. The van der Waals surface area contributed by atoms with Gasteiger partial charge in [0.05, 0.1) is 38.4 Å². The molecule has 0 bridgehead atoms. The molecule has 1 heterocycles. The minimum Gasteiger partial charge on any atom is -0.496 e. The second-order valence-electron chi connectivity index (χ2n) is 4.43. The van der Waals surface area contributed by atoms with E-state index in [1.165, 1.54) is 18.9 Å². The summed E-state index contributed by atoms with van der Waals surface area (Å²) < 4.78 is 16.3. The second kappa shape index (κ2) is 6.77. The molecular weight excluding hydrogens is 306 g/mol. The summed E-state index contributed by atoms with van der Waals surface area (Å²) in [6.45, 7) is 0.0471. The molecule has 0 aliphatic rings. The molecule has 0 aliphatic heterocycles. The van der Waals surface area contributed by atoms with E-state index in [9.17, 15) is 14.9 Å². The largest absolute Gasteiger partial charge is 0.496 e. The van der Waals surface area contributed by atoms with Gasteiger partial charge >= 0.3 is 11.7 Å². The van der Waals surface area contributed by atoms with Crippen LogP contribution in [0.1, 0.15) is 16.1 Å². The third-order valence-corrected chi connectivity index (χ3v) is 3.23. The van der Waals surface area contributed by atoms with Crippen molar-refractivity contribution in [3.8, 4) is 11.5 Å². The van der Waals surface area contributed by atoms with Crippen LogP contribution in [-0.4, -0.2) is 42.0 Å². The number of hydrogen-bond donors (Lipinski definition) is 0. The molecule has 0 fully saturated rings. The van der Waals surface area contributed by atoms with E-state index in [-0.39, 0.29) is 12.2 Å². The molecule has 0 atom stereocenters.